The topological polar surface area (TPSA) is 76.1 Å². The highest BCUT2D eigenvalue weighted by atomic mass is 16.3. The normalized spacial score (nSPS) is 21.0. The van der Waals surface area contributed by atoms with Gasteiger partial charge in [0.1, 0.15) is 5.75 Å². The predicted octanol–water partition coefficient (Wildman–Crippen LogP) is 1.20. The Morgan fingerprint density at radius 1 is 1.12 bits per heavy atom. The van der Waals surface area contributed by atoms with Crippen molar-refractivity contribution in [1.82, 2.24) is 14.7 Å². The van der Waals surface area contributed by atoms with Gasteiger partial charge in [0.05, 0.1) is 5.56 Å². The molecule has 2 aliphatic rings. The van der Waals surface area contributed by atoms with E-state index in [4.69, 9.17) is 0 Å². The first-order chi connectivity index (χ1) is 12.3. The standard InChI is InChI=1S/C19H28N4O3/c1-14(24)20-15-4-5-17(25)16(12-15)18(26)23-11-10-22(3)19(13-23)6-8-21(2)9-7-19/h4-5,12,25H,6-11,13H2,1-3H3,(H,20,24). The van der Waals surface area contributed by atoms with E-state index < -0.39 is 0 Å². The fourth-order valence-corrected chi connectivity index (χ4v) is 3.97. The largest absolute Gasteiger partial charge is 0.507 e. The summed E-state index contributed by atoms with van der Waals surface area (Å²) < 4.78 is 0. The van der Waals surface area contributed by atoms with Gasteiger partial charge < -0.3 is 20.2 Å². The second-order valence-electron chi connectivity index (χ2n) is 7.59. The Hall–Kier alpha value is -2.12. The molecule has 0 aromatic heterocycles. The maximum absolute atomic E-state index is 13.1. The van der Waals surface area contributed by atoms with E-state index in [-0.39, 0.29) is 28.7 Å². The van der Waals surface area contributed by atoms with Crippen LogP contribution in [-0.4, -0.2) is 84.0 Å². The molecule has 7 nitrogen and oxygen atoms in total. The number of hydrogen-bond acceptors (Lipinski definition) is 5. The number of likely N-dealkylation sites (N-methyl/N-ethyl adjacent to an activating group) is 1. The fraction of sp³-hybridized carbons (Fsp3) is 0.579. The number of nitrogens with zero attached hydrogens (tertiary/aromatic N) is 3. The van der Waals surface area contributed by atoms with E-state index in [0.717, 1.165) is 32.5 Å². The molecular weight excluding hydrogens is 332 g/mol. The van der Waals surface area contributed by atoms with Crippen LogP contribution in [0.1, 0.15) is 30.1 Å². The van der Waals surface area contributed by atoms with Crippen LogP contribution in [0.3, 0.4) is 0 Å². The van der Waals surface area contributed by atoms with Gasteiger partial charge in [-0.25, -0.2) is 0 Å². The van der Waals surface area contributed by atoms with Gasteiger partial charge in [0.25, 0.3) is 5.91 Å². The Balaban J connectivity index is 1.80. The van der Waals surface area contributed by atoms with Crippen LogP contribution < -0.4 is 5.32 Å². The molecule has 3 rings (SSSR count). The lowest BCUT2D eigenvalue weighted by Crippen LogP contribution is -2.64. The average Bonchev–Trinajstić information content (AvgIpc) is 2.60. The molecule has 0 radical (unpaired) electrons. The van der Waals surface area contributed by atoms with Crippen LogP contribution in [-0.2, 0) is 4.79 Å². The molecule has 2 heterocycles. The lowest BCUT2D eigenvalue weighted by molar-refractivity contribution is -0.114. The molecule has 2 fully saturated rings. The molecule has 142 valence electrons. The first kappa shape index (κ1) is 18.7. The van der Waals surface area contributed by atoms with Crippen molar-refractivity contribution >= 4 is 17.5 Å². The van der Waals surface area contributed by atoms with Gasteiger partial charge in [-0.15, -0.1) is 0 Å². The summed E-state index contributed by atoms with van der Waals surface area (Å²) in [5.74, 6) is -0.444. The molecule has 7 heteroatoms. The van der Waals surface area contributed by atoms with E-state index in [2.05, 4.69) is 29.2 Å². The lowest BCUT2D eigenvalue weighted by atomic mass is 9.83. The van der Waals surface area contributed by atoms with Crippen molar-refractivity contribution in [3.8, 4) is 5.75 Å². The molecular formula is C19H28N4O3. The number of amides is 2. The highest BCUT2D eigenvalue weighted by molar-refractivity contribution is 5.99. The molecule has 0 unspecified atom stereocenters. The number of piperidine rings is 1. The van der Waals surface area contributed by atoms with Crippen LogP contribution in [0.25, 0.3) is 0 Å². The van der Waals surface area contributed by atoms with Crippen LogP contribution in [0.5, 0.6) is 5.75 Å². The zero-order valence-corrected chi connectivity index (χ0v) is 15.8. The lowest BCUT2D eigenvalue weighted by Gasteiger charge is -2.52. The molecule has 1 spiro atoms. The van der Waals surface area contributed by atoms with Gasteiger partial charge in [0.2, 0.25) is 5.91 Å². The van der Waals surface area contributed by atoms with E-state index in [9.17, 15) is 14.7 Å². The summed E-state index contributed by atoms with van der Waals surface area (Å²) in [5, 5.41) is 12.8. The minimum Gasteiger partial charge on any atom is -0.507 e. The molecule has 0 atom stereocenters. The third kappa shape index (κ3) is 3.68. The van der Waals surface area contributed by atoms with Crippen LogP contribution >= 0.6 is 0 Å². The maximum atomic E-state index is 13.1. The second kappa shape index (κ2) is 7.25. The number of carbonyl (C=O) groups is 2. The van der Waals surface area contributed by atoms with Crippen molar-refractivity contribution in [2.75, 3.05) is 52.1 Å². The van der Waals surface area contributed by atoms with Crippen molar-refractivity contribution < 1.29 is 14.7 Å². The van der Waals surface area contributed by atoms with Gasteiger partial charge >= 0.3 is 0 Å². The third-order valence-corrected chi connectivity index (χ3v) is 5.75. The molecule has 2 amide bonds. The highest BCUT2D eigenvalue weighted by Gasteiger charge is 2.43. The number of rotatable bonds is 2. The van der Waals surface area contributed by atoms with Crippen molar-refractivity contribution in [2.45, 2.75) is 25.3 Å². The third-order valence-electron chi connectivity index (χ3n) is 5.75. The summed E-state index contributed by atoms with van der Waals surface area (Å²) in [6.07, 6.45) is 2.06. The Morgan fingerprint density at radius 3 is 2.46 bits per heavy atom. The number of likely N-dealkylation sites (tertiary alicyclic amines) is 1. The Kier molecular flexibility index (Phi) is 5.20. The molecule has 1 aromatic carbocycles. The van der Waals surface area contributed by atoms with Crippen LogP contribution in [0.2, 0.25) is 0 Å². The number of hydrogen-bond donors (Lipinski definition) is 2. The number of benzene rings is 1. The van der Waals surface area contributed by atoms with Crippen LogP contribution in [0.4, 0.5) is 5.69 Å². The van der Waals surface area contributed by atoms with E-state index in [1.165, 1.54) is 13.0 Å². The summed E-state index contributed by atoms with van der Waals surface area (Å²) >= 11 is 0. The number of anilines is 1. The second-order valence-corrected chi connectivity index (χ2v) is 7.59. The van der Waals surface area contributed by atoms with Crippen molar-refractivity contribution in [3.05, 3.63) is 23.8 Å². The van der Waals surface area contributed by atoms with Crippen molar-refractivity contribution in [2.24, 2.45) is 0 Å². The van der Waals surface area contributed by atoms with Gasteiger partial charge in [-0.1, -0.05) is 0 Å². The zero-order chi connectivity index (χ0) is 18.9. The molecule has 0 saturated carbocycles. The number of nitrogens with one attached hydrogen (secondary N) is 1. The number of phenols is 1. The monoisotopic (exact) mass is 360 g/mol. The summed E-state index contributed by atoms with van der Waals surface area (Å²) in [6.45, 7) is 5.59. The first-order valence-corrected chi connectivity index (χ1v) is 9.10. The molecule has 0 bridgehead atoms. The van der Waals surface area contributed by atoms with Crippen LogP contribution in [0.15, 0.2) is 18.2 Å². The number of carbonyl (C=O) groups excluding carboxylic acids is 2. The van der Waals surface area contributed by atoms with Gasteiger partial charge in [0.15, 0.2) is 0 Å². The Morgan fingerprint density at radius 2 is 1.81 bits per heavy atom. The molecule has 0 aliphatic carbocycles. The molecule has 2 saturated heterocycles. The van der Waals surface area contributed by atoms with Gasteiger partial charge in [-0.05, 0) is 58.2 Å². The van der Waals surface area contributed by atoms with E-state index in [1.807, 2.05) is 4.90 Å². The fourth-order valence-electron chi connectivity index (χ4n) is 3.97. The SMILES string of the molecule is CC(=O)Nc1ccc(O)c(C(=O)N2CCN(C)C3(CCN(C)CC3)C2)c1. The summed E-state index contributed by atoms with van der Waals surface area (Å²) in [5.41, 5.74) is 0.760. The summed E-state index contributed by atoms with van der Waals surface area (Å²) in [6, 6.07) is 4.61. The average molecular weight is 360 g/mol. The predicted molar refractivity (Wildman–Crippen MR) is 100 cm³/mol. The quantitative estimate of drug-likeness (QED) is 0.775. The molecule has 26 heavy (non-hydrogen) atoms. The van der Waals surface area contributed by atoms with Gasteiger partial charge in [-0.2, -0.15) is 0 Å². The smallest absolute Gasteiger partial charge is 0.257 e. The number of phenolic OH excluding ortho intramolecular Hbond substituents is 1. The first-order valence-electron chi connectivity index (χ1n) is 9.10. The van der Waals surface area contributed by atoms with Crippen molar-refractivity contribution in [3.63, 3.8) is 0 Å². The Bertz CT molecular complexity index is 698. The number of aromatic hydroxyl groups is 1. The zero-order valence-electron chi connectivity index (χ0n) is 15.8. The summed E-state index contributed by atoms with van der Waals surface area (Å²) in [7, 11) is 4.27. The molecule has 2 aliphatic heterocycles. The minimum atomic E-state index is -0.209. The number of piperazine rings is 1. The summed E-state index contributed by atoms with van der Waals surface area (Å²) in [4.78, 5) is 30.9. The molecule has 2 N–H and O–H groups in total. The van der Waals surface area contributed by atoms with Crippen molar-refractivity contribution in [1.29, 1.82) is 0 Å². The van der Waals surface area contributed by atoms with E-state index in [0.29, 0.717) is 18.8 Å². The highest BCUT2D eigenvalue weighted by Crippen LogP contribution is 2.33. The maximum Gasteiger partial charge on any atom is 0.257 e. The Labute approximate surface area is 154 Å². The van der Waals surface area contributed by atoms with E-state index >= 15 is 0 Å². The van der Waals surface area contributed by atoms with E-state index in [1.54, 1.807) is 12.1 Å². The van der Waals surface area contributed by atoms with Gasteiger partial charge in [0, 0.05) is 37.8 Å². The minimum absolute atomic E-state index is 0.00524. The van der Waals surface area contributed by atoms with Gasteiger partial charge in [-0.3, -0.25) is 14.5 Å². The van der Waals surface area contributed by atoms with Crippen LogP contribution in [0, 0.1) is 0 Å². The molecule has 1 aromatic rings.